The number of aromatic nitrogens is 4. The lowest BCUT2D eigenvalue weighted by Crippen LogP contribution is -2.32. The van der Waals surface area contributed by atoms with Gasteiger partial charge in [0, 0.05) is 0 Å². The smallest absolute Gasteiger partial charge is 0.212 e. The predicted octanol–water partition coefficient (Wildman–Crippen LogP) is -0.438. The molecule has 84 valence electrons. The summed E-state index contributed by atoms with van der Waals surface area (Å²) in [7, 11) is -3.21. The molecule has 0 radical (unpaired) electrons. The van der Waals surface area contributed by atoms with Crippen molar-refractivity contribution >= 4 is 10.0 Å². The third-order valence-electron chi connectivity index (χ3n) is 2.56. The first-order chi connectivity index (χ1) is 7.18. The van der Waals surface area contributed by atoms with E-state index in [2.05, 4.69) is 25.3 Å². The van der Waals surface area contributed by atoms with Crippen LogP contribution in [0.5, 0.6) is 0 Å². The summed E-state index contributed by atoms with van der Waals surface area (Å²) in [6.07, 6.45) is 3.49. The second-order valence-corrected chi connectivity index (χ2v) is 5.65. The molecule has 0 atom stereocenters. The number of hydrogen-bond donors (Lipinski definition) is 2. The molecule has 15 heavy (non-hydrogen) atoms. The van der Waals surface area contributed by atoms with Crippen molar-refractivity contribution in [1.29, 1.82) is 0 Å². The van der Waals surface area contributed by atoms with Gasteiger partial charge in [0.2, 0.25) is 10.0 Å². The Balaban J connectivity index is 1.93. The molecule has 8 heteroatoms. The van der Waals surface area contributed by atoms with Crippen LogP contribution >= 0.6 is 0 Å². The molecule has 7 nitrogen and oxygen atoms in total. The summed E-state index contributed by atoms with van der Waals surface area (Å²) in [6, 6.07) is 0. The van der Waals surface area contributed by atoms with Crippen LogP contribution in [0.1, 0.15) is 31.5 Å². The van der Waals surface area contributed by atoms with Crippen molar-refractivity contribution < 1.29 is 8.42 Å². The summed E-state index contributed by atoms with van der Waals surface area (Å²) >= 11 is 0. The highest BCUT2D eigenvalue weighted by Gasteiger charge is 2.28. The van der Waals surface area contributed by atoms with Crippen LogP contribution in [0.4, 0.5) is 0 Å². The van der Waals surface area contributed by atoms with Gasteiger partial charge in [-0.3, -0.25) is 0 Å². The number of rotatable bonds is 4. The maximum absolute atomic E-state index is 11.7. The van der Waals surface area contributed by atoms with Gasteiger partial charge < -0.3 is 0 Å². The number of tetrazole rings is 1. The van der Waals surface area contributed by atoms with Crippen LogP contribution in [0.15, 0.2) is 0 Å². The normalized spacial score (nSPS) is 18.4. The Hall–Kier alpha value is -1.02. The lowest BCUT2D eigenvalue weighted by molar-refractivity contribution is 0.562. The van der Waals surface area contributed by atoms with Gasteiger partial charge in [-0.1, -0.05) is 18.1 Å². The molecule has 0 aliphatic heterocycles. The highest BCUT2D eigenvalue weighted by atomic mass is 32.2. The summed E-state index contributed by atoms with van der Waals surface area (Å²) in [5.74, 6) is 0.358. The molecule has 1 aromatic rings. The minimum atomic E-state index is -3.21. The Morgan fingerprint density at radius 3 is 2.73 bits per heavy atom. The number of nitrogens with zero attached hydrogens (tertiary/aromatic N) is 3. The zero-order valence-corrected chi connectivity index (χ0v) is 9.00. The minimum absolute atomic E-state index is 0.106. The molecular formula is C7H13N5O2S. The van der Waals surface area contributed by atoms with Gasteiger partial charge in [-0.2, -0.15) is 5.21 Å². The van der Waals surface area contributed by atoms with E-state index in [1.165, 1.54) is 0 Å². The standard InChI is InChI=1S/C7H13N5O2S/c13-15(14,6-3-1-2-4-6)8-5-7-9-11-12-10-7/h6,8H,1-5H2,(H,9,10,11,12). The maximum atomic E-state index is 11.7. The molecule has 0 spiro atoms. The number of sulfonamides is 1. The fraction of sp³-hybridized carbons (Fsp3) is 0.857. The minimum Gasteiger partial charge on any atom is -0.212 e. The Labute approximate surface area is 87.7 Å². The second-order valence-electron chi connectivity index (χ2n) is 3.60. The Morgan fingerprint density at radius 2 is 2.13 bits per heavy atom. The van der Waals surface area contributed by atoms with Crippen LogP contribution in [-0.2, 0) is 16.6 Å². The van der Waals surface area contributed by atoms with Crippen molar-refractivity contribution in [3.8, 4) is 0 Å². The third kappa shape index (κ3) is 2.51. The maximum Gasteiger partial charge on any atom is 0.214 e. The van der Waals surface area contributed by atoms with Gasteiger partial charge in [-0.15, -0.1) is 10.2 Å². The Morgan fingerprint density at radius 1 is 1.40 bits per heavy atom. The first kappa shape index (κ1) is 10.5. The average molecular weight is 231 g/mol. The monoisotopic (exact) mass is 231 g/mol. The van der Waals surface area contributed by atoms with E-state index in [-0.39, 0.29) is 11.8 Å². The molecule has 2 rings (SSSR count). The molecule has 1 aliphatic rings. The molecule has 1 heterocycles. The Bertz CT molecular complexity index is 395. The van der Waals surface area contributed by atoms with E-state index in [0.717, 1.165) is 25.7 Å². The van der Waals surface area contributed by atoms with E-state index >= 15 is 0 Å². The van der Waals surface area contributed by atoms with Crippen molar-refractivity contribution in [1.82, 2.24) is 25.3 Å². The largest absolute Gasteiger partial charge is 0.214 e. The number of H-pyrrole nitrogens is 1. The summed E-state index contributed by atoms with van der Waals surface area (Å²) < 4.78 is 26.0. The lowest BCUT2D eigenvalue weighted by Gasteiger charge is -2.10. The molecular weight excluding hydrogens is 218 g/mol. The lowest BCUT2D eigenvalue weighted by atomic mass is 10.4. The van der Waals surface area contributed by atoms with Crippen LogP contribution in [0, 0.1) is 0 Å². The van der Waals surface area contributed by atoms with Crippen LogP contribution in [0.3, 0.4) is 0 Å². The third-order valence-corrected chi connectivity index (χ3v) is 4.46. The van der Waals surface area contributed by atoms with E-state index in [1.54, 1.807) is 0 Å². The molecule has 1 saturated carbocycles. The van der Waals surface area contributed by atoms with Gasteiger partial charge in [-0.25, -0.2) is 13.1 Å². The average Bonchev–Trinajstić information content (AvgIpc) is 2.88. The van der Waals surface area contributed by atoms with Crippen molar-refractivity contribution in [2.75, 3.05) is 0 Å². The van der Waals surface area contributed by atoms with Crippen LogP contribution in [0.2, 0.25) is 0 Å². The molecule has 1 aliphatic carbocycles. The van der Waals surface area contributed by atoms with Crippen molar-refractivity contribution in [3.05, 3.63) is 5.82 Å². The first-order valence-corrected chi connectivity index (χ1v) is 6.44. The molecule has 2 N–H and O–H groups in total. The van der Waals surface area contributed by atoms with Crippen LogP contribution in [0.25, 0.3) is 0 Å². The molecule has 0 amide bonds. The summed E-state index contributed by atoms with van der Waals surface area (Å²) in [5.41, 5.74) is 0. The Kier molecular flexibility index (Phi) is 2.96. The topological polar surface area (TPSA) is 101 Å². The molecule has 0 aromatic carbocycles. The quantitative estimate of drug-likeness (QED) is 0.731. The van der Waals surface area contributed by atoms with E-state index in [9.17, 15) is 8.42 Å². The zero-order chi connectivity index (χ0) is 10.7. The van der Waals surface area contributed by atoms with Gasteiger partial charge in [-0.05, 0) is 12.8 Å². The van der Waals surface area contributed by atoms with E-state index in [4.69, 9.17) is 0 Å². The molecule has 0 bridgehead atoms. The summed E-state index contributed by atoms with van der Waals surface area (Å²) in [4.78, 5) is 0. The van der Waals surface area contributed by atoms with Crippen molar-refractivity contribution in [2.24, 2.45) is 0 Å². The van der Waals surface area contributed by atoms with E-state index < -0.39 is 10.0 Å². The zero-order valence-electron chi connectivity index (χ0n) is 8.18. The summed E-state index contributed by atoms with van der Waals surface area (Å²) in [6.45, 7) is 0.106. The van der Waals surface area contributed by atoms with Gasteiger partial charge >= 0.3 is 0 Å². The van der Waals surface area contributed by atoms with Crippen molar-refractivity contribution in [2.45, 2.75) is 37.5 Å². The van der Waals surface area contributed by atoms with Crippen LogP contribution in [-0.4, -0.2) is 34.3 Å². The van der Waals surface area contributed by atoms with Gasteiger partial charge in [0.15, 0.2) is 5.82 Å². The predicted molar refractivity (Wildman–Crippen MR) is 52.2 cm³/mol. The van der Waals surface area contributed by atoms with E-state index in [0.29, 0.717) is 5.82 Å². The SMILES string of the molecule is O=S(=O)(NCc1nn[nH]n1)C1CCCC1. The van der Waals surface area contributed by atoms with E-state index in [1.807, 2.05) is 0 Å². The highest BCUT2D eigenvalue weighted by molar-refractivity contribution is 7.90. The second kappa shape index (κ2) is 4.23. The van der Waals surface area contributed by atoms with Crippen LogP contribution < -0.4 is 4.72 Å². The first-order valence-electron chi connectivity index (χ1n) is 4.89. The van der Waals surface area contributed by atoms with Gasteiger partial charge in [0.25, 0.3) is 0 Å². The fourth-order valence-electron chi connectivity index (χ4n) is 1.74. The van der Waals surface area contributed by atoms with Gasteiger partial charge in [0.1, 0.15) is 0 Å². The summed E-state index contributed by atoms with van der Waals surface area (Å²) in [5, 5.41) is 12.7. The molecule has 0 unspecified atom stereocenters. The molecule has 1 fully saturated rings. The number of hydrogen-bond acceptors (Lipinski definition) is 5. The number of nitrogens with one attached hydrogen (secondary N) is 2. The molecule has 0 saturated heterocycles. The fourth-order valence-corrected chi connectivity index (χ4v) is 3.26. The molecule has 1 aromatic heterocycles. The van der Waals surface area contributed by atoms with Gasteiger partial charge in [0.05, 0.1) is 11.8 Å². The highest BCUT2D eigenvalue weighted by Crippen LogP contribution is 2.23. The van der Waals surface area contributed by atoms with Crippen molar-refractivity contribution in [3.63, 3.8) is 0 Å². The number of aromatic amines is 1.